The van der Waals surface area contributed by atoms with Crippen molar-refractivity contribution in [1.29, 1.82) is 0 Å². The van der Waals surface area contributed by atoms with Crippen LogP contribution in [0, 0.1) is 0 Å². The molecule has 0 saturated heterocycles. The molecule has 4 nitrogen and oxygen atoms in total. The third-order valence-electron chi connectivity index (χ3n) is 3.20. The van der Waals surface area contributed by atoms with E-state index in [9.17, 15) is 13.2 Å². The molecule has 0 heterocycles. The smallest absolute Gasteiger partial charge is 0.255 e. The Morgan fingerprint density at radius 1 is 1.00 bits per heavy atom. The van der Waals surface area contributed by atoms with Gasteiger partial charge in [0, 0.05) is 12.1 Å². The maximum Gasteiger partial charge on any atom is 0.255 e. The van der Waals surface area contributed by atoms with Gasteiger partial charge in [0.15, 0.2) is 5.78 Å². The van der Waals surface area contributed by atoms with Crippen molar-refractivity contribution in [3.63, 3.8) is 0 Å². The number of hydrogen-bond donors (Lipinski definition) is 1. The van der Waals surface area contributed by atoms with E-state index in [0.717, 1.165) is 16.5 Å². The highest BCUT2D eigenvalue weighted by atomic mass is 32.2. The van der Waals surface area contributed by atoms with Gasteiger partial charge in [0.25, 0.3) is 10.0 Å². The van der Waals surface area contributed by atoms with E-state index in [-0.39, 0.29) is 5.78 Å². The molecule has 124 valence electrons. The van der Waals surface area contributed by atoms with Gasteiger partial charge in [0.05, 0.1) is 5.41 Å². The Labute approximate surface area is 142 Å². The summed E-state index contributed by atoms with van der Waals surface area (Å²) >= 11 is 0. The maximum atomic E-state index is 12.1. The summed E-state index contributed by atoms with van der Waals surface area (Å²) in [4.78, 5) is 11.3. The first-order chi connectivity index (χ1) is 11.5. The molecule has 0 fully saturated rings. The van der Waals surface area contributed by atoms with E-state index in [1.807, 2.05) is 30.3 Å². The van der Waals surface area contributed by atoms with E-state index >= 15 is 0 Å². The standard InChI is InChI=1S/C19H19NO3S/c1-2-19(21)12-11-17-9-6-10-18(15-17)20-24(22,23)14-13-16-7-4-3-5-8-16/h3-15,20H,2H2,1H3/b12-11+,14-13+. The summed E-state index contributed by atoms with van der Waals surface area (Å²) in [6, 6.07) is 16.1. The zero-order valence-corrected chi connectivity index (χ0v) is 14.2. The Balaban J connectivity index is 2.11. The first kappa shape index (κ1) is 17.7. The van der Waals surface area contributed by atoms with Crippen LogP contribution in [0.5, 0.6) is 0 Å². The molecule has 0 aliphatic carbocycles. The normalized spacial score (nSPS) is 11.9. The minimum absolute atomic E-state index is 0.0202. The number of carbonyl (C=O) groups is 1. The van der Waals surface area contributed by atoms with Crippen molar-refractivity contribution in [2.24, 2.45) is 0 Å². The van der Waals surface area contributed by atoms with Gasteiger partial charge >= 0.3 is 0 Å². The molecule has 0 aliphatic rings. The number of benzene rings is 2. The number of rotatable bonds is 7. The molecule has 5 heteroatoms. The van der Waals surface area contributed by atoms with Gasteiger partial charge in [-0.15, -0.1) is 0 Å². The van der Waals surface area contributed by atoms with Crippen molar-refractivity contribution in [3.05, 3.63) is 77.2 Å². The van der Waals surface area contributed by atoms with Crippen molar-refractivity contribution >= 4 is 33.6 Å². The fourth-order valence-electron chi connectivity index (χ4n) is 1.94. The molecule has 0 radical (unpaired) electrons. The molecule has 0 aromatic heterocycles. The first-order valence-electron chi connectivity index (χ1n) is 7.55. The van der Waals surface area contributed by atoms with E-state index in [0.29, 0.717) is 12.1 Å². The Morgan fingerprint density at radius 2 is 1.71 bits per heavy atom. The summed E-state index contributed by atoms with van der Waals surface area (Å²) in [7, 11) is -3.61. The second-order valence-electron chi connectivity index (χ2n) is 5.14. The number of anilines is 1. The molecule has 2 rings (SSSR count). The second kappa shape index (κ2) is 8.26. The third-order valence-corrected chi connectivity index (χ3v) is 4.21. The molecule has 0 spiro atoms. The van der Waals surface area contributed by atoms with Crippen LogP contribution in [0.1, 0.15) is 24.5 Å². The van der Waals surface area contributed by atoms with Crippen molar-refractivity contribution in [3.8, 4) is 0 Å². The van der Waals surface area contributed by atoms with E-state index in [1.54, 1.807) is 37.3 Å². The van der Waals surface area contributed by atoms with Crippen LogP contribution < -0.4 is 4.72 Å². The predicted molar refractivity (Wildman–Crippen MR) is 98.8 cm³/mol. The molecule has 0 atom stereocenters. The van der Waals surface area contributed by atoms with Gasteiger partial charge in [0.2, 0.25) is 0 Å². The van der Waals surface area contributed by atoms with Crippen molar-refractivity contribution in [2.75, 3.05) is 4.72 Å². The minimum Gasteiger partial charge on any atom is -0.295 e. The molecule has 0 aliphatic heterocycles. The van der Waals surface area contributed by atoms with E-state index < -0.39 is 10.0 Å². The van der Waals surface area contributed by atoms with Crippen LogP contribution in [0.15, 0.2) is 66.1 Å². The number of sulfonamides is 1. The number of allylic oxidation sites excluding steroid dienone is 1. The molecule has 0 saturated carbocycles. The summed E-state index contributed by atoms with van der Waals surface area (Å²) in [6.07, 6.45) is 5.13. The summed E-state index contributed by atoms with van der Waals surface area (Å²) in [6.45, 7) is 1.79. The Kier molecular flexibility index (Phi) is 6.09. The van der Waals surface area contributed by atoms with E-state index in [2.05, 4.69) is 4.72 Å². The van der Waals surface area contributed by atoms with Gasteiger partial charge in [-0.1, -0.05) is 55.5 Å². The number of ketones is 1. The Hall–Kier alpha value is -2.66. The van der Waals surface area contributed by atoms with E-state index in [1.165, 1.54) is 12.2 Å². The molecule has 24 heavy (non-hydrogen) atoms. The van der Waals surface area contributed by atoms with Gasteiger partial charge in [-0.25, -0.2) is 8.42 Å². The quantitative estimate of drug-likeness (QED) is 0.772. The summed E-state index contributed by atoms with van der Waals surface area (Å²) < 4.78 is 26.8. The monoisotopic (exact) mass is 341 g/mol. The van der Waals surface area contributed by atoms with Gasteiger partial charge in [-0.05, 0) is 35.4 Å². The summed E-state index contributed by atoms with van der Waals surface area (Å²) in [5, 5.41) is 1.13. The summed E-state index contributed by atoms with van der Waals surface area (Å²) in [5.41, 5.74) is 2.00. The van der Waals surface area contributed by atoms with Gasteiger partial charge in [0.1, 0.15) is 0 Å². The highest BCUT2D eigenvalue weighted by Gasteiger charge is 2.05. The molecule has 0 bridgehead atoms. The predicted octanol–water partition coefficient (Wildman–Crippen LogP) is 4.09. The fourth-order valence-corrected chi connectivity index (χ4v) is 2.80. The van der Waals surface area contributed by atoms with Crippen LogP contribution in [0.2, 0.25) is 0 Å². The SMILES string of the molecule is CCC(=O)/C=C/c1cccc(NS(=O)(=O)/C=C/c2ccccc2)c1. The molecule has 2 aromatic carbocycles. The summed E-state index contributed by atoms with van der Waals surface area (Å²) in [5.74, 6) is 0.0202. The van der Waals surface area contributed by atoms with Crippen LogP contribution >= 0.6 is 0 Å². The van der Waals surface area contributed by atoms with Crippen LogP contribution in [0.4, 0.5) is 5.69 Å². The fraction of sp³-hybridized carbons (Fsp3) is 0.105. The van der Waals surface area contributed by atoms with Gasteiger partial charge < -0.3 is 0 Å². The van der Waals surface area contributed by atoms with Crippen LogP contribution in [0.3, 0.4) is 0 Å². The van der Waals surface area contributed by atoms with Crippen molar-refractivity contribution < 1.29 is 13.2 Å². The molecule has 0 unspecified atom stereocenters. The van der Waals surface area contributed by atoms with Crippen molar-refractivity contribution in [2.45, 2.75) is 13.3 Å². The van der Waals surface area contributed by atoms with Crippen molar-refractivity contribution in [1.82, 2.24) is 0 Å². The lowest BCUT2D eigenvalue weighted by molar-refractivity contribution is -0.114. The van der Waals surface area contributed by atoms with Crippen LogP contribution in [0.25, 0.3) is 12.2 Å². The number of nitrogens with one attached hydrogen (secondary N) is 1. The highest BCUT2D eigenvalue weighted by molar-refractivity contribution is 7.95. The first-order valence-corrected chi connectivity index (χ1v) is 9.10. The molecule has 2 aromatic rings. The average molecular weight is 341 g/mol. The zero-order chi connectivity index (χ0) is 17.4. The molecule has 0 amide bonds. The minimum atomic E-state index is -3.61. The van der Waals surface area contributed by atoms with E-state index in [4.69, 9.17) is 0 Å². The average Bonchev–Trinajstić information content (AvgIpc) is 2.59. The number of carbonyl (C=O) groups excluding carboxylic acids is 1. The third kappa shape index (κ3) is 5.85. The lowest BCUT2D eigenvalue weighted by Crippen LogP contribution is -2.08. The lowest BCUT2D eigenvalue weighted by Gasteiger charge is -2.05. The molecule has 1 N–H and O–H groups in total. The molecular weight excluding hydrogens is 322 g/mol. The maximum absolute atomic E-state index is 12.1. The lowest BCUT2D eigenvalue weighted by atomic mass is 10.1. The largest absolute Gasteiger partial charge is 0.295 e. The number of hydrogen-bond acceptors (Lipinski definition) is 3. The van der Waals surface area contributed by atoms with Crippen LogP contribution in [-0.2, 0) is 14.8 Å². The topological polar surface area (TPSA) is 63.2 Å². The Morgan fingerprint density at radius 3 is 2.42 bits per heavy atom. The van der Waals surface area contributed by atoms with Gasteiger partial charge in [-0.2, -0.15) is 0 Å². The zero-order valence-electron chi connectivity index (χ0n) is 13.3. The molecular formula is C19H19NO3S. The highest BCUT2D eigenvalue weighted by Crippen LogP contribution is 2.15. The second-order valence-corrected chi connectivity index (χ2v) is 6.71. The van der Waals surface area contributed by atoms with Gasteiger partial charge in [-0.3, -0.25) is 9.52 Å². The van der Waals surface area contributed by atoms with Crippen LogP contribution in [-0.4, -0.2) is 14.2 Å². The Bertz CT molecular complexity index is 853.